The summed E-state index contributed by atoms with van der Waals surface area (Å²) in [6.45, 7) is 10.7. The Bertz CT molecular complexity index is 272. The van der Waals surface area contributed by atoms with Gasteiger partial charge in [0.05, 0.1) is 0 Å². The molecule has 0 bridgehead atoms. The highest BCUT2D eigenvalue weighted by molar-refractivity contribution is 8.00. The van der Waals surface area contributed by atoms with E-state index >= 15 is 0 Å². The fourth-order valence-electron chi connectivity index (χ4n) is 3.62. The number of piperazine rings is 1. The molecule has 1 N–H and O–H groups in total. The van der Waals surface area contributed by atoms with Crippen molar-refractivity contribution in [2.45, 2.75) is 69.2 Å². The molecule has 0 radical (unpaired) electrons. The topological polar surface area (TPSA) is 15.3 Å². The molecule has 0 spiro atoms. The first-order valence-electron chi connectivity index (χ1n) is 7.54. The molecule has 1 saturated heterocycles. The lowest BCUT2D eigenvalue weighted by Gasteiger charge is -2.47. The molecule has 1 aliphatic heterocycles. The number of hydrogen-bond acceptors (Lipinski definition) is 3. The summed E-state index contributed by atoms with van der Waals surface area (Å²) in [4.78, 5) is 2.78. The van der Waals surface area contributed by atoms with Gasteiger partial charge in [-0.1, -0.05) is 19.8 Å². The maximum absolute atomic E-state index is 3.70. The minimum atomic E-state index is 0.282. The van der Waals surface area contributed by atoms with Crippen molar-refractivity contribution in [3.63, 3.8) is 0 Å². The predicted octanol–water partition coefficient (Wildman–Crippen LogP) is 3.12. The summed E-state index contributed by atoms with van der Waals surface area (Å²) in [5.74, 6) is 0. The van der Waals surface area contributed by atoms with Gasteiger partial charge in [0.2, 0.25) is 0 Å². The third kappa shape index (κ3) is 3.23. The Hall–Kier alpha value is 0.270. The lowest BCUT2D eigenvalue weighted by molar-refractivity contribution is 0.0830. The first-order valence-corrected chi connectivity index (χ1v) is 8.77. The van der Waals surface area contributed by atoms with Gasteiger partial charge >= 0.3 is 0 Å². The van der Waals surface area contributed by atoms with Gasteiger partial charge in [0, 0.05) is 36.0 Å². The van der Waals surface area contributed by atoms with E-state index in [1.54, 1.807) is 0 Å². The smallest absolute Gasteiger partial charge is 0.0284 e. The number of nitrogens with zero attached hydrogens (tertiary/aromatic N) is 1. The first kappa shape index (κ1) is 14.7. The van der Waals surface area contributed by atoms with Crippen LogP contribution in [-0.4, -0.2) is 47.1 Å². The van der Waals surface area contributed by atoms with E-state index in [-0.39, 0.29) is 5.54 Å². The molecule has 2 rings (SSSR count). The van der Waals surface area contributed by atoms with Gasteiger partial charge in [0.15, 0.2) is 0 Å². The summed E-state index contributed by atoms with van der Waals surface area (Å²) in [5.41, 5.74) is 0.282. The van der Waals surface area contributed by atoms with E-state index in [0.717, 1.165) is 12.6 Å². The van der Waals surface area contributed by atoms with Gasteiger partial charge in [0.25, 0.3) is 0 Å². The summed E-state index contributed by atoms with van der Waals surface area (Å²) in [7, 11) is 0. The van der Waals surface area contributed by atoms with E-state index in [1.165, 1.54) is 45.2 Å². The molecule has 2 nitrogen and oxygen atoms in total. The number of thioether (sulfide) groups is 1. The number of rotatable bonds is 4. The summed E-state index contributed by atoms with van der Waals surface area (Å²) < 4.78 is 0.556. The third-order valence-corrected chi connectivity index (χ3v) is 6.24. The van der Waals surface area contributed by atoms with Gasteiger partial charge in [-0.25, -0.2) is 0 Å². The molecule has 2 aliphatic rings. The second-order valence-corrected chi connectivity index (χ2v) is 8.10. The Labute approximate surface area is 117 Å². The molecule has 1 saturated carbocycles. The van der Waals surface area contributed by atoms with Crippen molar-refractivity contribution < 1.29 is 0 Å². The van der Waals surface area contributed by atoms with Crippen LogP contribution in [-0.2, 0) is 0 Å². The minimum absolute atomic E-state index is 0.282. The zero-order valence-electron chi connectivity index (χ0n) is 12.6. The molecule has 1 aliphatic carbocycles. The average Bonchev–Trinajstić information content (AvgIpc) is 2.78. The molecule has 18 heavy (non-hydrogen) atoms. The van der Waals surface area contributed by atoms with E-state index < -0.39 is 0 Å². The summed E-state index contributed by atoms with van der Waals surface area (Å²) in [6, 6.07) is 0.739. The van der Waals surface area contributed by atoms with Crippen LogP contribution in [0.1, 0.15) is 52.9 Å². The van der Waals surface area contributed by atoms with E-state index in [9.17, 15) is 0 Å². The molecule has 2 fully saturated rings. The lowest BCUT2D eigenvalue weighted by Crippen LogP contribution is -2.63. The quantitative estimate of drug-likeness (QED) is 0.845. The SMILES string of the molecule is CCC1CNC(C)(C)CN1CC1(SC)CCCC1. The molecule has 3 heteroatoms. The molecule has 0 amide bonds. The van der Waals surface area contributed by atoms with Gasteiger partial charge in [-0.15, -0.1) is 0 Å². The van der Waals surface area contributed by atoms with E-state index in [4.69, 9.17) is 0 Å². The Morgan fingerprint density at radius 3 is 2.50 bits per heavy atom. The van der Waals surface area contributed by atoms with Crippen LogP contribution in [0.3, 0.4) is 0 Å². The number of nitrogens with one attached hydrogen (secondary N) is 1. The first-order chi connectivity index (χ1) is 8.50. The Balaban J connectivity index is 2.04. The van der Waals surface area contributed by atoms with Crippen molar-refractivity contribution in [3.05, 3.63) is 0 Å². The minimum Gasteiger partial charge on any atom is -0.309 e. The van der Waals surface area contributed by atoms with E-state index in [1.807, 2.05) is 0 Å². The standard InChI is InChI=1S/C15H30N2S/c1-5-13-10-16-14(2,3)11-17(13)12-15(18-4)8-6-7-9-15/h13,16H,5-12H2,1-4H3. The maximum atomic E-state index is 3.70. The van der Waals surface area contributed by atoms with Gasteiger partial charge in [-0.05, 0) is 39.4 Å². The van der Waals surface area contributed by atoms with Gasteiger partial charge in [-0.2, -0.15) is 11.8 Å². The van der Waals surface area contributed by atoms with Crippen LogP contribution in [0.4, 0.5) is 0 Å². The van der Waals surface area contributed by atoms with Crippen molar-refractivity contribution in [2.24, 2.45) is 0 Å². The highest BCUT2D eigenvalue weighted by atomic mass is 32.2. The van der Waals surface area contributed by atoms with Crippen molar-refractivity contribution in [1.29, 1.82) is 0 Å². The summed E-state index contributed by atoms with van der Waals surface area (Å²) in [5, 5.41) is 3.70. The predicted molar refractivity (Wildman–Crippen MR) is 82.4 cm³/mol. The zero-order chi connectivity index (χ0) is 13.2. The number of hydrogen-bond donors (Lipinski definition) is 1. The molecule has 1 atom stereocenters. The van der Waals surface area contributed by atoms with Crippen LogP contribution < -0.4 is 5.32 Å². The average molecular weight is 270 g/mol. The maximum Gasteiger partial charge on any atom is 0.0284 e. The Kier molecular flexibility index (Phi) is 4.66. The fraction of sp³-hybridized carbons (Fsp3) is 1.00. The van der Waals surface area contributed by atoms with Crippen molar-refractivity contribution in [1.82, 2.24) is 10.2 Å². The normalized spacial score (nSPS) is 31.7. The van der Waals surface area contributed by atoms with Crippen LogP contribution >= 0.6 is 11.8 Å². The van der Waals surface area contributed by atoms with Crippen LogP contribution in [0, 0.1) is 0 Å². The second-order valence-electron chi connectivity index (χ2n) is 6.83. The third-order valence-electron chi connectivity index (χ3n) is 4.84. The molecular weight excluding hydrogens is 240 g/mol. The molecule has 0 aromatic carbocycles. The van der Waals surface area contributed by atoms with Gasteiger partial charge < -0.3 is 5.32 Å². The summed E-state index contributed by atoms with van der Waals surface area (Å²) >= 11 is 2.12. The second kappa shape index (κ2) is 5.72. The highest BCUT2D eigenvalue weighted by Crippen LogP contribution is 2.41. The summed E-state index contributed by atoms with van der Waals surface area (Å²) in [6.07, 6.45) is 9.32. The molecule has 1 heterocycles. The molecule has 0 aromatic heterocycles. The van der Waals surface area contributed by atoms with Crippen LogP contribution in [0.15, 0.2) is 0 Å². The van der Waals surface area contributed by atoms with Crippen molar-refractivity contribution >= 4 is 11.8 Å². The highest BCUT2D eigenvalue weighted by Gasteiger charge is 2.39. The Morgan fingerprint density at radius 2 is 1.94 bits per heavy atom. The molecule has 1 unspecified atom stereocenters. The lowest BCUT2D eigenvalue weighted by atomic mass is 9.95. The Morgan fingerprint density at radius 1 is 1.28 bits per heavy atom. The molecule has 106 valence electrons. The van der Waals surface area contributed by atoms with Crippen molar-refractivity contribution in [2.75, 3.05) is 25.9 Å². The van der Waals surface area contributed by atoms with E-state index in [0.29, 0.717) is 4.75 Å². The monoisotopic (exact) mass is 270 g/mol. The van der Waals surface area contributed by atoms with Crippen molar-refractivity contribution in [3.8, 4) is 0 Å². The van der Waals surface area contributed by atoms with Crippen LogP contribution in [0.5, 0.6) is 0 Å². The van der Waals surface area contributed by atoms with Gasteiger partial charge in [0.1, 0.15) is 0 Å². The van der Waals surface area contributed by atoms with Crippen LogP contribution in [0.25, 0.3) is 0 Å². The molecular formula is C15H30N2S. The largest absolute Gasteiger partial charge is 0.309 e. The van der Waals surface area contributed by atoms with Gasteiger partial charge in [-0.3, -0.25) is 4.90 Å². The fourth-order valence-corrected chi connectivity index (χ4v) is 4.61. The van der Waals surface area contributed by atoms with E-state index in [2.05, 4.69) is 49.0 Å². The van der Waals surface area contributed by atoms with Crippen LogP contribution in [0.2, 0.25) is 0 Å². The zero-order valence-corrected chi connectivity index (χ0v) is 13.4. The molecule has 0 aromatic rings.